The van der Waals surface area contributed by atoms with E-state index in [2.05, 4.69) is 15.2 Å². The van der Waals surface area contributed by atoms with Gasteiger partial charge in [0.2, 0.25) is 5.82 Å². The maximum atomic E-state index is 5.60. The first kappa shape index (κ1) is 17.2. The van der Waals surface area contributed by atoms with Gasteiger partial charge in [0.15, 0.2) is 0 Å². The van der Waals surface area contributed by atoms with Crippen LogP contribution in [0.3, 0.4) is 0 Å². The monoisotopic (exact) mass is 333 g/mol. The van der Waals surface area contributed by atoms with Crippen LogP contribution in [0.1, 0.15) is 35.8 Å². The van der Waals surface area contributed by atoms with Gasteiger partial charge < -0.3 is 10.3 Å². The Balaban J connectivity index is 0.00000192. The number of aromatic nitrogens is 4. The van der Waals surface area contributed by atoms with Gasteiger partial charge in [0.1, 0.15) is 6.04 Å². The molecule has 122 valence electrons. The second-order valence-corrected chi connectivity index (χ2v) is 5.40. The summed E-state index contributed by atoms with van der Waals surface area (Å²) in [5.41, 5.74) is 9.63. The molecule has 0 radical (unpaired) electrons. The number of aryl methyl sites for hydroxylation is 2. The van der Waals surface area contributed by atoms with Crippen molar-refractivity contribution in [1.82, 2.24) is 19.9 Å². The van der Waals surface area contributed by atoms with Gasteiger partial charge in [0, 0.05) is 17.8 Å². The van der Waals surface area contributed by atoms with Crippen molar-refractivity contribution >= 4 is 12.4 Å². The Kier molecular flexibility index (Phi) is 5.18. The third-order valence-corrected chi connectivity index (χ3v) is 3.66. The third kappa shape index (κ3) is 3.43. The van der Waals surface area contributed by atoms with Crippen molar-refractivity contribution in [2.75, 3.05) is 0 Å². The molecule has 2 aromatic heterocycles. The van der Waals surface area contributed by atoms with Gasteiger partial charge >= 0.3 is 0 Å². The molecule has 7 heteroatoms. The molecule has 0 aliphatic rings. The van der Waals surface area contributed by atoms with E-state index >= 15 is 0 Å². The van der Waals surface area contributed by atoms with Crippen LogP contribution >= 0.6 is 12.4 Å². The van der Waals surface area contributed by atoms with Crippen LogP contribution in [0.5, 0.6) is 0 Å². The predicted octanol–water partition coefficient (Wildman–Crippen LogP) is 3.04. The van der Waals surface area contributed by atoms with Crippen LogP contribution in [0.15, 0.2) is 34.9 Å². The smallest absolute Gasteiger partial charge is 0.251 e. The van der Waals surface area contributed by atoms with E-state index in [9.17, 15) is 0 Å². The highest BCUT2D eigenvalue weighted by atomic mass is 35.5. The molecule has 23 heavy (non-hydrogen) atoms. The van der Waals surface area contributed by atoms with E-state index in [0.29, 0.717) is 18.3 Å². The SMILES string of the molecule is Cc1cc(C)n(C(C)c2nc(-c3ccc(CN)cc3)no2)n1.Cl. The van der Waals surface area contributed by atoms with Crippen molar-refractivity contribution in [2.45, 2.75) is 33.4 Å². The molecular formula is C16H20ClN5O. The van der Waals surface area contributed by atoms with Crippen molar-refractivity contribution in [3.05, 3.63) is 53.2 Å². The van der Waals surface area contributed by atoms with Crippen LogP contribution in [0.25, 0.3) is 11.4 Å². The number of hydrogen-bond donors (Lipinski definition) is 1. The van der Waals surface area contributed by atoms with Crippen molar-refractivity contribution in [2.24, 2.45) is 5.73 Å². The van der Waals surface area contributed by atoms with Crippen LogP contribution in [0, 0.1) is 13.8 Å². The lowest BCUT2D eigenvalue weighted by molar-refractivity contribution is 0.334. The number of rotatable bonds is 4. The largest absolute Gasteiger partial charge is 0.337 e. The molecule has 1 aromatic carbocycles. The second kappa shape index (κ2) is 6.93. The number of nitrogens with two attached hydrogens (primary N) is 1. The number of nitrogens with zero attached hydrogens (tertiary/aromatic N) is 4. The highest BCUT2D eigenvalue weighted by molar-refractivity contribution is 5.85. The Bertz CT molecular complexity index is 778. The molecule has 2 N–H and O–H groups in total. The van der Waals surface area contributed by atoms with Gasteiger partial charge in [-0.2, -0.15) is 10.1 Å². The van der Waals surface area contributed by atoms with Crippen LogP contribution < -0.4 is 5.73 Å². The Morgan fingerprint density at radius 1 is 1.22 bits per heavy atom. The molecule has 3 rings (SSSR count). The summed E-state index contributed by atoms with van der Waals surface area (Å²) in [6.07, 6.45) is 0. The minimum absolute atomic E-state index is 0. The van der Waals surface area contributed by atoms with Gasteiger partial charge in [-0.3, -0.25) is 4.68 Å². The van der Waals surface area contributed by atoms with Gasteiger partial charge in [-0.1, -0.05) is 29.4 Å². The zero-order valence-corrected chi connectivity index (χ0v) is 14.2. The quantitative estimate of drug-likeness (QED) is 0.793. The molecule has 0 spiro atoms. The number of halogens is 1. The lowest BCUT2D eigenvalue weighted by atomic mass is 10.1. The summed E-state index contributed by atoms with van der Waals surface area (Å²) >= 11 is 0. The van der Waals surface area contributed by atoms with Crippen molar-refractivity contribution in [3.8, 4) is 11.4 Å². The first-order valence-electron chi connectivity index (χ1n) is 7.24. The van der Waals surface area contributed by atoms with Gasteiger partial charge in [0.25, 0.3) is 5.89 Å². The Morgan fingerprint density at radius 2 is 1.91 bits per heavy atom. The summed E-state index contributed by atoms with van der Waals surface area (Å²) in [5, 5.41) is 8.53. The van der Waals surface area contributed by atoms with Crippen molar-refractivity contribution in [3.63, 3.8) is 0 Å². The predicted molar refractivity (Wildman–Crippen MR) is 90.4 cm³/mol. The maximum absolute atomic E-state index is 5.60. The zero-order valence-electron chi connectivity index (χ0n) is 13.4. The number of hydrogen-bond acceptors (Lipinski definition) is 5. The van der Waals surface area contributed by atoms with Crippen molar-refractivity contribution < 1.29 is 4.52 Å². The minimum atomic E-state index is -0.0988. The summed E-state index contributed by atoms with van der Waals surface area (Å²) in [7, 11) is 0. The molecule has 0 fully saturated rings. The second-order valence-electron chi connectivity index (χ2n) is 5.40. The Hall–Kier alpha value is -2.18. The molecule has 6 nitrogen and oxygen atoms in total. The fourth-order valence-corrected chi connectivity index (χ4v) is 2.45. The Labute approximate surface area is 141 Å². The minimum Gasteiger partial charge on any atom is -0.337 e. The van der Waals surface area contributed by atoms with Gasteiger partial charge in [-0.25, -0.2) is 0 Å². The third-order valence-electron chi connectivity index (χ3n) is 3.66. The molecule has 1 unspecified atom stereocenters. The molecule has 0 aliphatic heterocycles. The summed E-state index contributed by atoms with van der Waals surface area (Å²) < 4.78 is 7.30. The van der Waals surface area contributed by atoms with Crippen LogP contribution in [-0.2, 0) is 6.54 Å². The maximum Gasteiger partial charge on any atom is 0.251 e. The average Bonchev–Trinajstić information content (AvgIpc) is 3.13. The summed E-state index contributed by atoms with van der Waals surface area (Å²) in [4.78, 5) is 4.49. The molecular weight excluding hydrogens is 314 g/mol. The lowest BCUT2D eigenvalue weighted by Crippen LogP contribution is -2.10. The topological polar surface area (TPSA) is 82.8 Å². The molecule has 0 bridgehead atoms. The van der Waals surface area contributed by atoms with E-state index in [0.717, 1.165) is 22.5 Å². The van der Waals surface area contributed by atoms with Crippen LogP contribution in [0.4, 0.5) is 0 Å². The van der Waals surface area contributed by atoms with E-state index in [-0.39, 0.29) is 18.4 Å². The average molecular weight is 334 g/mol. The number of benzene rings is 1. The van der Waals surface area contributed by atoms with E-state index < -0.39 is 0 Å². The van der Waals surface area contributed by atoms with Gasteiger partial charge in [-0.05, 0) is 32.4 Å². The first-order chi connectivity index (χ1) is 10.6. The fourth-order valence-electron chi connectivity index (χ4n) is 2.45. The molecule has 2 heterocycles. The van der Waals surface area contributed by atoms with Crippen LogP contribution in [-0.4, -0.2) is 19.9 Å². The molecule has 0 amide bonds. The zero-order chi connectivity index (χ0) is 15.7. The molecule has 3 aromatic rings. The first-order valence-corrected chi connectivity index (χ1v) is 7.24. The fraction of sp³-hybridized carbons (Fsp3) is 0.312. The molecule has 0 aliphatic carbocycles. The molecule has 0 saturated heterocycles. The molecule has 0 saturated carbocycles. The normalized spacial score (nSPS) is 12.0. The summed E-state index contributed by atoms with van der Waals surface area (Å²) in [6.45, 7) is 6.49. The van der Waals surface area contributed by atoms with Gasteiger partial charge in [-0.15, -0.1) is 12.4 Å². The van der Waals surface area contributed by atoms with Crippen LogP contribution in [0.2, 0.25) is 0 Å². The van der Waals surface area contributed by atoms with E-state index in [4.69, 9.17) is 10.3 Å². The highest BCUT2D eigenvalue weighted by Gasteiger charge is 2.19. The standard InChI is InChI=1S/C16H19N5O.ClH/c1-10-8-11(2)21(19-10)12(3)16-18-15(20-22-16)14-6-4-13(9-17)5-7-14;/h4-8,12H,9,17H2,1-3H3;1H. The lowest BCUT2D eigenvalue weighted by Gasteiger charge is -2.09. The van der Waals surface area contributed by atoms with Gasteiger partial charge in [0.05, 0.1) is 5.69 Å². The van der Waals surface area contributed by atoms with Crippen molar-refractivity contribution in [1.29, 1.82) is 0 Å². The van der Waals surface area contributed by atoms with E-state index in [1.54, 1.807) is 0 Å². The highest BCUT2D eigenvalue weighted by Crippen LogP contribution is 2.22. The summed E-state index contributed by atoms with van der Waals surface area (Å²) in [5.74, 6) is 1.12. The van der Waals surface area contributed by atoms with E-state index in [1.807, 2.05) is 55.8 Å². The Morgan fingerprint density at radius 3 is 2.48 bits per heavy atom. The molecule has 1 atom stereocenters. The summed E-state index contributed by atoms with van der Waals surface area (Å²) in [6, 6.07) is 9.76. The van der Waals surface area contributed by atoms with E-state index in [1.165, 1.54) is 0 Å².